The average Bonchev–Trinajstić information content (AvgIpc) is 3.14. The maximum atomic E-state index is 13.3. The zero-order chi connectivity index (χ0) is 20.3. The molecule has 2 amide bonds. The minimum absolute atomic E-state index is 0.0673. The van der Waals surface area contributed by atoms with Crippen molar-refractivity contribution in [3.05, 3.63) is 65.5 Å². The van der Waals surface area contributed by atoms with Gasteiger partial charge >= 0.3 is 0 Å². The van der Waals surface area contributed by atoms with Gasteiger partial charge in [-0.1, -0.05) is 24.3 Å². The first-order valence-electron chi connectivity index (χ1n) is 8.90. The Bertz CT molecular complexity index is 894. The van der Waals surface area contributed by atoms with Crippen LogP contribution in [0, 0.1) is 5.82 Å². The quantitative estimate of drug-likeness (QED) is 0.797. The van der Waals surface area contributed by atoms with Crippen molar-refractivity contribution in [1.29, 1.82) is 0 Å². The third-order valence-corrected chi connectivity index (χ3v) is 4.75. The van der Waals surface area contributed by atoms with E-state index in [1.165, 1.54) is 29.0 Å². The second kappa shape index (κ2) is 8.21. The summed E-state index contributed by atoms with van der Waals surface area (Å²) in [7, 11) is 3.16. The number of benzene rings is 2. The number of likely N-dealkylation sites (N-methyl/N-ethyl adjacent to an activating group) is 1. The van der Waals surface area contributed by atoms with Crippen LogP contribution in [0.3, 0.4) is 0 Å². The summed E-state index contributed by atoms with van der Waals surface area (Å²) in [5.74, 6) is -0.0902. The molecule has 146 valence electrons. The topological polar surface area (TPSA) is 62.2 Å². The lowest BCUT2D eigenvalue weighted by Crippen LogP contribution is -2.38. The van der Waals surface area contributed by atoms with Crippen molar-refractivity contribution in [3.63, 3.8) is 0 Å². The SMILES string of the molecule is COc1ccc(C2CC(c3ccc(F)cc3)=NN2C(=O)CN(C)C(C)=O)cc1. The van der Waals surface area contributed by atoms with Gasteiger partial charge in [-0.05, 0) is 35.4 Å². The van der Waals surface area contributed by atoms with Crippen LogP contribution in [0.25, 0.3) is 0 Å². The summed E-state index contributed by atoms with van der Waals surface area (Å²) in [4.78, 5) is 25.7. The van der Waals surface area contributed by atoms with Crippen LogP contribution in [0.1, 0.15) is 30.5 Å². The van der Waals surface area contributed by atoms with Crippen LogP contribution in [0.5, 0.6) is 5.75 Å². The van der Waals surface area contributed by atoms with E-state index in [9.17, 15) is 14.0 Å². The normalized spacial score (nSPS) is 15.9. The molecule has 2 aromatic carbocycles. The van der Waals surface area contributed by atoms with Crippen molar-refractivity contribution >= 4 is 17.5 Å². The molecule has 0 N–H and O–H groups in total. The standard InChI is InChI=1S/C21H22FN3O3/c1-14(26)24(2)13-21(27)25-20(16-6-10-18(28-3)11-7-16)12-19(23-25)15-4-8-17(22)9-5-15/h4-11,20H,12-13H2,1-3H3. The molecular weight excluding hydrogens is 361 g/mol. The van der Waals surface area contributed by atoms with Gasteiger partial charge in [0.25, 0.3) is 5.91 Å². The molecule has 1 atom stereocenters. The zero-order valence-electron chi connectivity index (χ0n) is 16.1. The van der Waals surface area contributed by atoms with Crippen LogP contribution in [0.2, 0.25) is 0 Å². The van der Waals surface area contributed by atoms with Gasteiger partial charge in [-0.15, -0.1) is 0 Å². The van der Waals surface area contributed by atoms with Gasteiger partial charge in [0.15, 0.2) is 0 Å². The Morgan fingerprint density at radius 2 is 1.82 bits per heavy atom. The van der Waals surface area contributed by atoms with Crippen molar-refractivity contribution in [1.82, 2.24) is 9.91 Å². The third kappa shape index (κ3) is 4.19. The lowest BCUT2D eigenvalue weighted by molar-refractivity contribution is -0.139. The maximum absolute atomic E-state index is 13.3. The van der Waals surface area contributed by atoms with E-state index in [0.29, 0.717) is 12.1 Å². The fourth-order valence-electron chi connectivity index (χ4n) is 3.03. The molecule has 0 aromatic heterocycles. The average molecular weight is 383 g/mol. The fourth-order valence-corrected chi connectivity index (χ4v) is 3.03. The van der Waals surface area contributed by atoms with Gasteiger partial charge in [-0.2, -0.15) is 5.10 Å². The van der Waals surface area contributed by atoms with E-state index in [1.807, 2.05) is 24.3 Å². The number of ether oxygens (including phenoxy) is 1. The Labute approximate surface area is 163 Å². The smallest absolute Gasteiger partial charge is 0.262 e. The van der Waals surface area contributed by atoms with Gasteiger partial charge in [-0.3, -0.25) is 9.59 Å². The van der Waals surface area contributed by atoms with Gasteiger partial charge in [0.05, 0.1) is 18.9 Å². The Kier molecular flexibility index (Phi) is 5.73. The van der Waals surface area contributed by atoms with Gasteiger partial charge in [0.1, 0.15) is 18.1 Å². The summed E-state index contributed by atoms with van der Waals surface area (Å²) >= 11 is 0. The molecular formula is C21H22FN3O3. The predicted molar refractivity (Wildman–Crippen MR) is 103 cm³/mol. The van der Waals surface area contributed by atoms with Crippen LogP contribution < -0.4 is 4.74 Å². The lowest BCUT2D eigenvalue weighted by Gasteiger charge is -2.24. The molecule has 0 spiro atoms. The Morgan fingerprint density at radius 3 is 2.39 bits per heavy atom. The van der Waals surface area contributed by atoms with Gasteiger partial charge in [0, 0.05) is 20.4 Å². The molecule has 0 saturated heterocycles. The number of rotatable bonds is 5. The second-order valence-corrected chi connectivity index (χ2v) is 6.66. The summed E-state index contributed by atoms with van der Waals surface area (Å²) in [5.41, 5.74) is 2.36. The molecule has 0 fully saturated rings. The van der Waals surface area contributed by atoms with Crippen molar-refractivity contribution in [3.8, 4) is 5.75 Å². The van der Waals surface area contributed by atoms with Crippen LogP contribution in [0.15, 0.2) is 53.6 Å². The van der Waals surface area contributed by atoms with Gasteiger partial charge in [-0.25, -0.2) is 9.40 Å². The molecule has 3 rings (SSSR count). The van der Waals surface area contributed by atoms with Crippen LogP contribution in [0.4, 0.5) is 4.39 Å². The highest BCUT2D eigenvalue weighted by Gasteiger charge is 2.33. The molecule has 0 aliphatic carbocycles. The number of carbonyl (C=O) groups is 2. The molecule has 0 saturated carbocycles. The maximum Gasteiger partial charge on any atom is 0.262 e. The first-order chi connectivity index (χ1) is 13.4. The molecule has 6 nitrogen and oxygen atoms in total. The minimum atomic E-state index is -0.329. The molecule has 1 heterocycles. The highest BCUT2D eigenvalue weighted by molar-refractivity contribution is 6.03. The number of halogens is 1. The van der Waals surface area contributed by atoms with Crippen LogP contribution >= 0.6 is 0 Å². The van der Waals surface area contributed by atoms with Gasteiger partial charge < -0.3 is 9.64 Å². The number of carbonyl (C=O) groups excluding carboxylic acids is 2. The number of nitrogens with zero attached hydrogens (tertiary/aromatic N) is 3. The van der Waals surface area contributed by atoms with E-state index >= 15 is 0 Å². The number of hydrogen-bond acceptors (Lipinski definition) is 4. The lowest BCUT2D eigenvalue weighted by atomic mass is 9.98. The van der Waals surface area contributed by atoms with Gasteiger partial charge in [0.2, 0.25) is 5.91 Å². The van der Waals surface area contributed by atoms with Crippen molar-refractivity contribution < 1.29 is 18.7 Å². The van der Waals surface area contributed by atoms with E-state index in [1.54, 1.807) is 26.3 Å². The second-order valence-electron chi connectivity index (χ2n) is 6.66. The molecule has 28 heavy (non-hydrogen) atoms. The van der Waals surface area contributed by atoms with E-state index in [2.05, 4.69) is 5.10 Å². The molecule has 0 radical (unpaired) electrons. The fraction of sp³-hybridized carbons (Fsp3) is 0.286. The van der Waals surface area contributed by atoms with E-state index in [4.69, 9.17) is 4.74 Å². The molecule has 1 aliphatic heterocycles. The first-order valence-corrected chi connectivity index (χ1v) is 8.90. The molecule has 0 bridgehead atoms. The van der Waals surface area contributed by atoms with Crippen molar-refractivity contribution in [2.75, 3.05) is 20.7 Å². The molecule has 1 unspecified atom stereocenters. The zero-order valence-corrected chi connectivity index (χ0v) is 16.1. The number of amides is 2. The highest BCUT2D eigenvalue weighted by atomic mass is 19.1. The Hall–Kier alpha value is -3.22. The molecule has 7 heteroatoms. The predicted octanol–water partition coefficient (Wildman–Crippen LogP) is 2.99. The summed E-state index contributed by atoms with van der Waals surface area (Å²) in [6.07, 6.45) is 0.494. The Balaban J connectivity index is 1.91. The van der Waals surface area contributed by atoms with Crippen LogP contribution in [-0.2, 0) is 9.59 Å². The highest BCUT2D eigenvalue weighted by Crippen LogP contribution is 2.33. The van der Waals surface area contributed by atoms with E-state index in [-0.39, 0.29) is 30.2 Å². The largest absolute Gasteiger partial charge is 0.497 e. The van der Waals surface area contributed by atoms with Crippen LogP contribution in [-0.4, -0.2) is 48.1 Å². The number of methoxy groups -OCH3 is 1. The van der Waals surface area contributed by atoms with E-state index in [0.717, 1.165) is 16.9 Å². The molecule has 1 aliphatic rings. The summed E-state index contributed by atoms with van der Waals surface area (Å²) in [6, 6.07) is 13.2. The summed E-state index contributed by atoms with van der Waals surface area (Å²) in [5, 5.41) is 5.93. The number of hydrazone groups is 1. The van der Waals surface area contributed by atoms with Crippen molar-refractivity contribution in [2.45, 2.75) is 19.4 Å². The number of hydrogen-bond donors (Lipinski definition) is 0. The molecule has 2 aromatic rings. The summed E-state index contributed by atoms with van der Waals surface area (Å²) < 4.78 is 18.5. The Morgan fingerprint density at radius 1 is 1.18 bits per heavy atom. The third-order valence-electron chi connectivity index (χ3n) is 4.75. The minimum Gasteiger partial charge on any atom is -0.497 e. The monoisotopic (exact) mass is 383 g/mol. The van der Waals surface area contributed by atoms with E-state index < -0.39 is 0 Å². The van der Waals surface area contributed by atoms with Crippen molar-refractivity contribution in [2.24, 2.45) is 5.10 Å². The summed E-state index contributed by atoms with van der Waals surface area (Å²) in [6.45, 7) is 1.34. The first kappa shape index (κ1) is 19.5.